The molecule has 4 rings (SSSR count). The zero-order valence-electron chi connectivity index (χ0n) is 13.1. The summed E-state index contributed by atoms with van der Waals surface area (Å²) in [6.07, 6.45) is -0.0476. The maximum atomic E-state index is 13.0. The summed E-state index contributed by atoms with van der Waals surface area (Å²) in [6.45, 7) is 4.16. The minimum atomic E-state index is -1.29. The highest BCUT2D eigenvalue weighted by atomic mass is 35.5. The molecule has 2 saturated heterocycles. The van der Waals surface area contributed by atoms with Crippen molar-refractivity contribution in [1.29, 1.82) is 0 Å². The van der Waals surface area contributed by atoms with Crippen LogP contribution >= 0.6 is 11.6 Å². The van der Waals surface area contributed by atoms with Crippen LogP contribution in [0, 0.1) is 5.41 Å². The van der Waals surface area contributed by atoms with Crippen LogP contribution < -0.4 is 5.01 Å². The molecule has 23 heavy (non-hydrogen) atoms. The maximum absolute atomic E-state index is 13.0. The monoisotopic (exact) mass is 333 g/mol. The molecule has 0 bridgehead atoms. The molecular formula is C16H16ClN3O3. The molecule has 120 valence electrons. The second kappa shape index (κ2) is 4.06. The lowest BCUT2D eigenvalue weighted by Crippen LogP contribution is -2.53. The van der Waals surface area contributed by atoms with E-state index in [-0.39, 0.29) is 24.1 Å². The number of carbonyl (C=O) groups excluding carboxylic acids is 3. The van der Waals surface area contributed by atoms with Gasteiger partial charge in [-0.25, -0.2) is 5.01 Å². The van der Waals surface area contributed by atoms with E-state index >= 15 is 0 Å². The molecule has 0 saturated carbocycles. The lowest BCUT2D eigenvalue weighted by atomic mass is 9.84. The van der Waals surface area contributed by atoms with Crippen LogP contribution in [0.5, 0.6) is 0 Å². The summed E-state index contributed by atoms with van der Waals surface area (Å²) < 4.78 is 0. The molecule has 6 nitrogen and oxygen atoms in total. The number of likely N-dealkylation sites (N-methyl/N-ethyl adjacent to an activating group) is 1. The molecule has 3 heterocycles. The molecule has 2 fully saturated rings. The van der Waals surface area contributed by atoms with Crippen molar-refractivity contribution in [3.63, 3.8) is 0 Å². The molecule has 1 atom stereocenters. The predicted molar refractivity (Wildman–Crippen MR) is 83.5 cm³/mol. The fourth-order valence-corrected chi connectivity index (χ4v) is 4.01. The summed E-state index contributed by atoms with van der Waals surface area (Å²) in [4.78, 5) is 39.2. The highest BCUT2D eigenvalue weighted by molar-refractivity contribution is 6.31. The van der Waals surface area contributed by atoms with E-state index in [1.54, 1.807) is 12.1 Å². The largest absolute Gasteiger partial charge is 0.283 e. The summed E-state index contributed by atoms with van der Waals surface area (Å²) >= 11 is 6.12. The first kappa shape index (κ1) is 14.5. The number of hydrogen-bond acceptors (Lipinski definition) is 4. The lowest BCUT2D eigenvalue weighted by Gasteiger charge is -2.33. The number of anilines is 1. The van der Waals surface area contributed by atoms with Gasteiger partial charge in [0.2, 0.25) is 11.8 Å². The summed E-state index contributed by atoms with van der Waals surface area (Å²) in [5.74, 6) is -0.818. The summed E-state index contributed by atoms with van der Waals surface area (Å²) in [5, 5.41) is 3.78. The molecule has 1 spiro atoms. The molecular weight excluding hydrogens is 318 g/mol. The van der Waals surface area contributed by atoms with Gasteiger partial charge in [0.15, 0.2) is 5.54 Å². The van der Waals surface area contributed by atoms with Crippen LogP contribution in [0.2, 0.25) is 5.02 Å². The number of halogens is 1. The fraction of sp³-hybridized carbons (Fsp3) is 0.438. The first-order valence-electron chi connectivity index (χ1n) is 7.43. The number of nitrogens with zero attached hydrogens (tertiary/aromatic N) is 3. The van der Waals surface area contributed by atoms with Gasteiger partial charge in [-0.3, -0.25) is 24.3 Å². The Labute approximate surface area is 138 Å². The first-order valence-corrected chi connectivity index (χ1v) is 7.81. The van der Waals surface area contributed by atoms with Gasteiger partial charge >= 0.3 is 0 Å². The second-order valence-corrected chi connectivity index (χ2v) is 7.45. The number of hydrazine groups is 1. The molecule has 0 aromatic heterocycles. The topological polar surface area (TPSA) is 60.9 Å². The van der Waals surface area contributed by atoms with Crippen molar-refractivity contribution in [2.24, 2.45) is 5.41 Å². The molecule has 1 aromatic rings. The van der Waals surface area contributed by atoms with Crippen molar-refractivity contribution in [2.45, 2.75) is 25.8 Å². The predicted octanol–water partition coefficient (Wildman–Crippen LogP) is 1.53. The first-order chi connectivity index (χ1) is 10.7. The maximum Gasteiger partial charge on any atom is 0.262 e. The summed E-state index contributed by atoms with van der Waals surface area (Å²) in [5.41, 5.74) is -0.507. The molecule has 1 aromatic carbocycles. The molecule has 0 N–H and O–H groups in total. The molecule has 0 radical (unpaired) electrons. The van der Waals surface area contributed by atoms with Crippen molar-refractivity contribution >= 4 is 35.0 Å². The Balaban J connectivity index is 2.01. The van der Waals surface area contributed by atoms with Crippen molar-refractivity contribution in [2.75, 3.05) is 18.6 Å². The number of rotatable bonds is 0. The molecule has 7 heteroatoms. The Morgan fingerprint density at radius 1 is 1.13 bits per heavy atom. The van der Waals surface area contributed by atoms with E-state index in [1.807, 2.05) is 24.9 Å². The minimum absolute atomic E-state index is 0.0476. The fourth-order valence-electron chi connectivity index (χ4n) is 3.84. The van der Waals surface area contributed by atoms with Gasteiger partial charge in [0.25, 0.3) is 5.91 Å². The van der Waals surface area contributed by atoms with Crippen LogP contribution in [0.4, 0.5) is 5.69 Å². The summed E-state index contributed by atoms with van der Waals surface area (Å²) in [7, 11) is 1.46. The van der Waals surface area contributed by atoms with Crippen LogP contribution in [0.25, 0.3) is 0 Å². The van der Waals surface area contributed by atoms with E-state index in [2.05, 4.69) is 0 Å². The minimum Gasteiger partial charge on any atom is -0.283 e. The average molecular weight is 334 g/mol. The molecule has 3 aliphatic rings. The number of fused-ring (bicyclic) bond motifs is 5. The zero-order valence-corrected chi connectivity index (χ0v) is 13.8. The zero-order chi connectivity index (χ0) is 16.7. The van der Waals surface area contributed by atoms with E-state index in [9.17, 15) is 14.4 Å². The highest BCUT2D eigenvalue weighted by Gasteiger charge is 2.67. The van der Waals surface area contributed by atoms with Crippen LogP contribution in [0.3, 0.4) is 0 Å². The third-order valence-electron chi connectivity index (χ3n) is 5.04. The van der Waals surface area contributed by atoms with Gasteiger partial charge in [0.05, 0.1) is 24.1 Å². The molecule has 1 unspecified atom stereocenters. The van der Waals surface area contributed by atoms with Crippen molar-refractivity contribution in [3.05, 3.63) is 28.8 Å². The Morgan fingerprint density at radius 3 is 2.43 bits per heavy atom. The van der Waals surface area contributed by atoms with Gasteiger partial charge in [0, 0.05) is 17.6 Å². The van der Waals surface area contributed by atoms with E-state index < -0.39 is 11.0 Å². The van der Waals surface area contributed by atoms with Crippen molar-refractivity contribution in [3.8, 4) is 0 Å². The van der Waals surface area contributed by atoms with E-state index in [0.29, 0.717) is 17.1 Å². The van der Waals surface area contributed by atoms with Gasteiger partial charge in [0.1, 0.15) is 0 Å². The lowest BCUT2D eigenvalue weighted by molar-refractivity contribution is -0.149. The van der Waals surface area contributed by atoms with Crippen molar-refractivity contribution in [1.82, 2.24) is 9.91 Å². The van der Waals surface area contributed by atoms with Crippen LogP contribution in [-0.4, -0.2) is 41.2 Å². The third-order valence-corrected chi connectivity index (χ3v) is 5.28. The number of likely N-dealkylation sites (tertiary alicyclic amines) is 1. The molecule has 3 aliphatic heterocycles. The van der Waals surface area contributed by atoms with Gasteiger partial charge in [-0.1, -0.05) is 11.6 Å². The normalized spacial score (nSPS) is 28.2. The third kappa shape index (κ3) is 1.52. The Morgan fingerprint density at radius 2 is 1.83 bits per heavy atom. The molecule has 0 aliphatic carbocycles. The van der Waals surface area contributed by atoms with Crippen molar-refractivity contribution < 1.29 is 14.4 Å². The SMILES string of the molecule is CN1C(=O)CC2(C1=O)c1cc(Cl)ccc1N1CC(C)(C)C(=O)N12. The van der Waals surface area contributed by atoms with Crippen LogP contribution in [0.1, 0.15) is 25.8 Å². The molecule has 3 amide bonds. The number of imide groups is 1. The number of benzene rings is 1. The smallest absolute Gasteiger partial charge is 0.262 e. The quantitative estimate of drug-likeness (QED) is 0.676. The van der Waals surface area contributed by atoms with Gasteiger partial charge in [-0.2, -0.15) is 0 Å². The standard InChI is InChI=1S/C16H16ClN3O3/c1-15(2)8-19-11-5-4-9(17)6-10(11)16(20(19)13(15)22)7-12(21)18(3)14(16)23/h4-6H,7-8H2,1-3H3. The Kier molecular flexibility index (Phi) is 2.56. The van der Waals surface area contributed by atoms with E-state index in [1.165, 1.54) is 12.1 Å². The van der Waals surface area contributed by atoms with Crippen LogP contribution in [0.15, 0.2) is 18.2 Å². The van der Waals surface area contributed by atoms with E-state index in [0.717, 1.165) is 10.6 Å². The van der Waals surface area contributed by atoms with Gasteiger partial charge < -0.3 is 0 Å². The number of hydrogen-bond donors (Lipinski definition) is 0. The second-order valence-electron chi connectivity index (χ2n) is 7.01. The van der Waals surface area contributed by atoms with Gasteiger partial charge in [-0.05, 0) is 32.0 Å². The van der Waals surface area contributed by atoms with Gasteiger partial charge in [-0.15, -0.1) is 0 Å². The van der Waals surface area contributed by atoms with Crippen LogP contribution in [-0.2, 0) is 19.9 Å². The van der Waals surface area contributed by atoms with E-state index in [4.69, 9.17) is 11.6 Å². The Hall–Kier alpha value is -2.08. The number of carbonyl (C=O) groups is 3. The highest BCUT2D eigenvalue weighted by Crippen LogP contribution is 2.55. The Bertz CT molecular complexity index is 791. The summed E-state index contributed by atoms with van der Waals surface area (Å²) in [6, 6.07) is 5.24. The average Bonchev–Trinajstić information content (AvgIpc) is 2.96. The number of amides is 3.